The van der Waals surface area contributed by atoms with E-state index in [1.54, 1.807) is 14.0 Å². The number of amides is 1. The Balaban J connectivity index is 1.63. The van der Waals surface area contributed by atoms with Gasteiger partial charge >= 0.3 is 0 Å². The molecule has 3 rings (SSSR count). The first kappa shape index (κ1) is 19.3. The summed E-state index contributed by atoms with van der Waals surface area (Å²) >= 11 is 0. The zero-order valence-corrected chi connectivity index (χ0v) is 16.5. The lowest BCUT2D eigenvalue weighted by Crippen LogP contribution is -2.38. The van der Waals surface area contributed by atoms with Crippen molar-refractivity contribution in [2.24, 2.45) is 0 Å². The summed E-state index contributed by atoms with van der Waals surface area (Å²) in [6.45, 7) is 3.87. The molecule has 27 heavy (non-hydrogen) atoms. The van der Waals surface area contributed by atoms with Crippen LogP contribution in [0.25, 0.3) is 0 Å². The van der Waals surface area contributed by atoms with Crippen LogP contribution in [-0.4, -0.2) is 19.1 Å². The van der Waals surface area contributed by atoms with Crippen molar-refractivity contribution in [3.8, 4) is 11.5 Å². The summed E-state index contributed by atoms with van der Waals surface area (Å²) in [4.78, 5) is 12.6. The molecule has 1 N–H and O–H groups in total. The summed E-state index contributed by atoms with van der Waals surface area (Å²) in [5.74, 6) is 1.31. The zero-order chi connectivity index (χ0) is 19.2. The van der Waals surface area contributed by atoms with Gasteiger partial charge in [-0.25, -0.2) is 0 Å². The van der Waals surface area contributed by atoms with Gasteiger partial charge in [-0.1, -0.05) is 25.1 Å². The van der Waals surface area contributed by atoms with Crippen LogP contribution in [0.5, 0.6) is 11.5 Å². The molecule has 0 unspecified atom stereocenters. The molecule has 0 radical (unpaired) electrons. The van der Waals surface area contributed by atoms with Gasteiger partial charge in [-0.2, -0.15) is 0 Å². The molecule has 1 aliphatic rings. The fourth-order valence-corrected chi connectivity index (χ4v) is 3.59. The maximum atomic E-state index is 12.6. The molecule has 4 nitrogen and oxygen atoms in total. The van der Waals surface area contributed by atoms with Crippen LogP contribution in [0.2, 0.25) is 0 Å². The highest BCUT2D eigenvalue weighted by molar-refractivity contribution is 5.81. The van der Waals surface area contributed by atoms with Crippen LogP contribution in [0.3, 0.4) is 0 Å². The molecule has 4 heteroatoms. The lowest BCUT2D eigenvalue weighted by Gasteiger charge is -2.23. The van der Waals surface area contributed by atoms with Gasteiger partial charge in [0.25, 0.3) is 5.91 Å². The largest absolute Gasteiger partial charge is 0.497 e. The second kappa shape index (κ2) is 8.94. The minimum absolute atomic E-state index is 0.00615. The highest BCUT2D eigenvalue weighted by Crippen LogP contribution is 2.26. The fourth-order valence-electron chi connectivity index (χ4n) is 3.59. The summed E-state index contributed by atoms with van der Waals surface area (Å²) in [6.07, 6.45) is 5.13. The lowest BCUT2D eigenvalue weighted by molar-refractivity contribution is -0.128. The first-order valence-corrected chi connectivity index (χ1v) is 9.83. The second-order valence-electron chi connectivity index (χ2n) is 7.14. The Labute approximate surface area is 161 Å². The number of hydrogen-bond acceptors (Lipinski definition) is 3. The maximum Gasteiger partial charge on any atom is 0.261 e. The van der Waals surface area contributed by atoms with E-state index in [0.717, 1.165) is 18.6 Å². The number of aryl methyl sites for hydroxylation is 2. The van der Waals surface area contributed by atoms with E-state index >= 15 is 0 Å². The minimum Gasteiger partial charge on any atom is -0.497 e. The Kier molecular flexibility index (Phi) is 6.38. The Morgan fingerprint density at radius 1 is 1.04 bits per heavy atom. The number of methoxy groups -OCH3 is 1. The number of ether oxygens (including phenoxy) is 2. The number of fused-ring (bicyclic) bond motifs is 1. The molecule has 0 aromatic heterocycles. The maximum absolute atomic E-state index is 12.6. The van der Waals surface area contributed by atoms with Crippen molar-refractivity contribution in [2.45, 2.75) is 58.1 Å². The number of rotatable bonds is 7. The van der Waals surface area contributed by atoms with Crippen LogP contribution in [0, 0.1) is 0 Å². The normalized spacial score (nSPS) is 15.4. The molecular weight excluding hydrogens is 338 g/mol. The van der Waals surface area contributed by atoms with Crippen molar-refractivity contribution < 1.29 is 14.3 Å². The number of benzene rings is 2. The topological polar surface area (TPSA) is 47.6 Å². The Morgan fingerprint density at radius 3 is 2.37 bits per heavy atom. The average Bonchev–Trinajstić information content (AvgIpc) is 2.72. The van der Waals surface area contributed by atoms with E-state index in [0.29, 0.717) is 5.75 Å². The van der Waals surface area contributed by atoms with Crippen molar-refractivity contribution in [3.05, 3.63) is 59.2 Å². The molecule has 0 bridgehead atoms. The standard InChI is InChI=1S/C23H29NO3/c1-4-22(19-10-9-17-7-5-6-8-18(17)15-19)24-23(25)16(2)27-21-13-11-20(26-3)12-14-21/h9-16,22H,4-8H2,1-3H3,(H,24,25)/t16-,22-/m1/s1. The number of hydrogen-bond donors (Lipinski definition) is 1. The van der Waals surface area contributed by atoms with Gasteiger partial charge in [-0.05, 0) is 80.0 Å². The van der Waals surface area contributed by atoms with Crippen molar-refractivity contribution in [2.75, 3.05) is 7.11 Å². The summed E-state index contributed by atoms with van der Waals surface area (Å²) in [6, 6.07) is 13.9. The monoisotopic (exact) mass is 367 g/mol. The molecule has 0 saturated carbocycles. The summed E-state index contributed by atoms with van der Waals surface area (Å²) in [7, 11) is 1.62. The zero-order valence-electron chi connectivity index (χ0n) is 16.5. The van der Waals surface area contributed by atoms with Crippen LogP contribution in [0.4, 0.5) is 0 Å². The number of nitrogens with one attached hydrogen (secondary N) is 1. The third kappa shape index (κ3) is 4.82. The molecule has 1 aliphatic carbocycles. The Hall–Kier alpha value is -2.49. The first-order chi connectivity index (χ1) is 13.1. The van der Waals surface area contributed by atoms with E-state index < -0.39 is 6.10 Å². The highest BCUT2D eigenvalue weighted by atomic mass is 16.5. The van der Waals surface area contributed by atoms with Crippen LogP contribution in [0.1, 0.15) is 55.8 Å². The van der Waals surface area contributed by atoms with E-state index in [4.69, 9.17) is 9.47 Å². The molecule has 144 valence electrons. The molecule has 2 aromatic rings. The van der Waals surface area contributed by atoms with Crippen LogP contribution >= 0.6 is 0 Å². The van der Waals surface area contributed by atoms with Crippen LogP contribution in [0.15, 0.2) is 42.5 Å². The molecule has 1 amide bonds. The Bertz CT molecular complexity index is 770. The molecule has 0 fully saturated rings. The third-order valence-electron chi connectivity index (χ3n) is 5.24. The predicted molar refractivity (Wildman–Crippen MR) is 107 cm³/mol. The Morgan fingerprint density at radius 2 is 1.70 bits per heavy atom. The second-order valence-corrected chi connectivity index (χ2v) is 7.14. The molecule has 0 spiro atoms. The predicted octanol–water partition coefficient (Wildman–Crippen LogP) is 4.61. The molecule has 0 aliphatic heterocycles. The number of carbonyl (C=O) groups excluding carboxylic acids is 1. The molecule has 0 heterocycles. The SMILES string of the molecule is CC[C@@H](NC(=O)[C@@H](C)Oc1ccc(OC)cc1)c1ccc2c(c1)CCCC2. The van der Waals surface area contributed by atoms with Gasteiger partial charge in [-0.3, -0.25) is 4.79 Å². The van der Waals surface area contributed by atoms with Crippen molar-refractivity contribution in [1.29, 1.82) is 0 Å². The van der Waals surface area contributed by atoms with E-state index in [1.807, 2.05) is 24.3 Å². The fraction of sp³-hybridized carbons (Fsp3) is 0.435. The van der Waals surface area contributed by atoms with Gasteiger partial charge in [0.15, 0.2) is 6.10 Å². The smallest absolute Gasteiger partial charge is 0.261 e. The first-order valence-electron chi connectivity index (χ1n) is 9.83. The van der Waals surface area contributed by atoms with Crippen LogP contribution < -0.4 is 14.8 Å². The van der Waals surface area contributed by atoms with E-state index in [2.05, 4.69) is 30.4 Å². The van der Waals surface area contributed by atoms with Gasteiger partial charge in [0.05, 0.1) is 13.2 Å². The van der Waals surface area contributed by atoms with E-state index in [9.17, 15) is 4.79 Å². The van der Waals surface area contributed by atoms with E-state index in [1.165, 1.54) is 36.0 Å². The number of carbonyl (C=O) groups is 1. The van der Waals surface area contributed by atoms with Crippen molar-refractivity contribution >= 4 is 5.91 Å². The lowest BCUT2D eigenvalue weighted by atomic mass is 9.89. The highest BCUT2D eigenvalue weighted by Gasteiger charge is 2.20. The van der Waals surface area contributed by atoms with Gasteiger partial charge in [0.1, 0.15) is 11.5 Å². The third-order valence-corrected chi connectivity index (χ3v) is 5.24. The summed E-state index contributed by atoms with van der Waals surface area (Å²) in [5, 5.41) is 3.14. The van der Waals surface area contributed by atoms with Gasteiger partial charge in [-0.15, -0.1) is 0 Å². The quantitative estimate of drug-likeness (QED) is 0.777. The summed E-state index contributed by atoms with van der Waals surface area (Å²) < 4.78 is 10.9. The van der Waals surface area contributed by atoms with Crippen molar-refractivity contribution in [3.63, 3.8) is 0 Å². The van der Waals surface area contributed by atoms with Gasteiger partial charge in [0, 0.05) is 0 Å². The van der Waals surface area contributed by atoms with E-state index in [-0.39, 0.29) is 11.9 Å². The molecule has 2 aromatic carbocycles. The van der Waals surface area contributed by atoms with Gasteiger partial charge in [0.2, 0.25) is 0 Å². The van der Waals surface area contributed by atoms with Crippen molar-refractivity contribution in [1.82, 2.24) is 5.32 Å². The average molecular weight is 367 g/mol. The molecule has 2 atom stereocenters. The summed E-state index contributed by atoms with van der Waals surface area (Å²) in [5.41, 5.74) is 4.08. The molecular formula is C23H29NO3. The van der Waals surface area contributed by atoms with Crippen LogP contribution in [-0.2, 0) is 17.6 Å². The molecule has 0 saturated heterocycles. The van der Waals surface area contributed by atoms with Gasteiger partial charge < -0.3 is 14.8 Å². The minimum atomic E-state index is -0.565.